The van der Waals surface area contributed by atoms with Gasteiger partial charge in [-0.3, -0.25) is 14.2 Å². The number of nitrogens with zero attached hydrogens (tertiary/aromatic N) is 2. The Morgan fingerprint density at radius 2 is 2.35 bits per heavy atom. The van der Waals surface area contributed by atoms with Gasteiger partial charge in [0.15, 0.2) is 5.16 Å². The third-order valence-electron chi connectivity index (χ3n) is 3.40. The summed E-state index contributed by atoms with van der Waals surface area (Å²) in [5.41, 5.74) is 0.602. The molecule has 6 nitrogen and oxygen atoms in total. The van der Waals surface area contributed by atoms with E-state index in [9.17, 15) is 9.59 Å². The van der Waals surface area contributed by atoms with Gasteiger partial charge >= 0.3 is 0 Å². The number of hydrogen-bond acceptors (Lipinski definition) is 6. The van der Waals surface area contributed by atoms with Crippen molar-refractivity contribution in [2.75, 3.05) is 19.5 Å². The van der Waals surface area contributed by atoms with Crippen molar-refractivity contribution in [2.45, 2.75) is 38.0 Å². The molecule has 0 aliphatic rings. The zero-order valence-electron chi connectivity index (χ0n) is 13.5. The fourth-order valence-electron chi connectivity index (χ4n) is 1.96. The quantitative estimate of drug-likeness (QED) is 0.580. The number of carbonyl (C=O) groups is 1. The molecule has 2 rings (SSSR count). The van der Waals surface area contributed by atoms with Gasteiger partial charge in [0.2, 0.25) is 5.91 Å². The second-order valence-electron chi connectivity index (χ2n) is 5.14. The van der Waals surface area contributed by atoms with E-state index in [1.807, 2.05) is 25.3 Å². The van der Waals surface area contributed by atoms with Crippen LogP contribution in [-0.2, 0) is 16.1 Å². The van der Waals surface area contributed by atoms with Crippen LogP contribution in [-0.4, -0.2) is 41.0 Å². The fourth-order valence-corrected chi connectivity index (χ4v) is 3.58. The van der Waals surface area contributed by atoms with Crippen molar-refractivity contribution in [3.8, 4) is 0 Å². The van der Waals surface area contributed by atoms with Gasteiger partial charge in [-0.1, -0.05) is 18.7 Å². The summed E-state index contributed by atoms with van der Waals surface area (Å²) >= 11 is 2.66. The molecule has 1 N–H and O–H groups in total. The number of nitrogens with one attached hydrogen (secondary N) is 1. The van der Waals surface area contributed by atoms with Gasteiger partial charge < -0.3 is 10.1 Å². The van der Waals surface area contributed by atoms with Crippen LogP contribution >= 0.6 is 23.1 Å². The molecule has 0 aromatic carbocycles. The number of amides is 1. The molecule has 8 heteroatoms. The maximum absolute atomic E-state index is 12.5. The summed E-state index contributed by atoms with van der Waals surface area (Å²) in [6.07, 6.45) is 0.883. The predicted octanol–water partition coefficient (Wildman–Crippen LogP) is 2.11. The van der Waals surface area contributed by atoms with Crippen molar-refractivity contribution < 1.29 is 9.53 Å². The minimum atomic E-state index is -0.0770. The van der Waals surface area contributed by atoms with E-state index in [1.54, 1.807) is 11.7 Å². The van der Waals surface area contributed by atoms with E-state index >= 15 is 0 Å². The Kier molecular flexibility index (Phi) is 6.61. The van der Waals surface area contributed by atoms with E-state index in [1.165, 1.54) is 23.1 Å². The maximum atomic E-state index is 12.5. The van der Waals surface area contributed by atoms with Gasteiger partial charge in [0, 0.05) is 13.2 Å². The molecule has 0 aliphatic carbocycles. The Bertz CT molecular complexity index is 726. The van der Waals surface area contributed by atoms with Crippen LogP contribution in [0.3, 0.4) is 0 Å². The van der Waals surface area contributed by atoms with Gasteiger partial charge in [-0.05, 0) is 24.8 Å². The van der Waals surface area contributed by atoms with E-state index in [4.69, 9.17) is 4.74 Å². The molecule has 0 saturated heterocycles. The first-order valence-electron chi connectivity index (χ1n) is 7.46. The molecule has 2 aromatic rings. The average Bonchev–Trinajstić information content (AvgIpc) is 3.00. The number of fused-ring (bicyclic) bond motifs is 1. The van der Waals surface area contributed by atoms with Gasteiger partial charge in [0.05, 0.1) is 24.4 Å². The zero-order valence-corrected chi connectivity index (χ0v) is 15.1. The molecule has 0 aliphatic heterocycles. The molecule has 0 bridgehead atoms. The SMILES string of the molecule is CC[C@@H](C)NC(=O)CSc1nc2ccsc2c(=O)n1CCOC. The highest BCUT2D eigenvalue weighted by atomic mass is 32.2. The lowest BCUT2D eigenvalue weighted by molar-refractivity contribution is -0.119. The molecule has 0 saturated carbocycles. The Balaban J connectivity index is 2.20. The summed E-state index contributed by atoms with van der Waals surface area (Å²) < 4.78 is 7.29. The summed E-state index contributed by atoms with van der Waals surface area (Å²) in [5.74, 6) is 0.182. The number of carbonyl (C=O) groups excluding carboxylic acids is 1. The standard InChI is InChI=1S/C15H21N3O3S2/c1-4-10(2)16-12(19)9-23-15-17-11-5-8-22-13(11)14(20)18(15)6-7-21-3/h5,8,10H,4,6-7,9H2,1-3H3,(H,16,19)/t10-/m1/s1. The molecule has 126 valence electrons. The van der Waals surface area contributed by atoms with Gasteiger partial charge in [-0.15, -0.1) is 11.3 Å². The minimum absolute atomic E-state index is 0.0534. The summed E-state index contributed by atoms with van der Waals surface area (Å²) in [6.45, 7) is 4.83. The highest BCUT2D eigenvalue weighted by Crippen LogP contribution is 2.20. The van der Waals surface area contributed by atoms with Crippen LogP contribution in [0.5, 0.6) is 0 Å². The van der Waals surface area contributed by atoms with Crippen molar-refractivity contribution in [1.29, 1.82) is 0 Å². The number of thioether (sulfide) groups is 1. The lowest BCUT2D eigenvalue weighted by Gasteiger charge is -2.13. The Hall–Kier alpha value is -1.38. The van der Waals surface area contributed by atoms with Crippen LogP contribution in [0.4, 0.5) is 0 Å². The first-order valence-corrected chi connectivity index (χ1v) is 9.32. The third-order valence-corrected chi connectivity index (χ3v) is 5.27. The molecule has 1 atom stereocenters. The first-order chi connectivity index (χ1) is 11.1. The van der Waals surface area contributed by atoms with Crippen LogP contribution in [0.15, 0.2) is 21.4 Å². The Morgan fingerprint density at radius 3 is 3.04 bits per heavy atom. The molecule has 23 heavy (non-hydrogen) atoms. The van der Waals surface area contributed by atoms with E-state index in [0.29, 0.717) is 28.5 Å². The van der Waals surface area contributed by atoms with Crippen molar-refractivity contribution in [3.05, 3.63) is 21.8 Å². The molecule has 0 radical (unpaired) electrons. The highest BCUT2D eigenvalue weighted by molar-refractivity contribution is 7.99. The van der Waals surface area contributed by atoms with Crippen LogP contribution in [0.1, 0.15) is 20.3 Å². The number of rotatable bonds is 8. The van der Waals surface area contributed by atoms with E-state index < -0.39 is 0 Å². The molecular formula is C15H21N3O3S2. The van der Waals surface area contributed by atoms with Crippen molar-refractivity contribution in [2.24, 2.45) is 0 Å². The number of thiophene rings is 1. The van der Waals surface area contributed by atoms with Crippen LogP contribution in [0.25, 0.3) is 10.2 Å². The normalized spacial score (nSPS) is 12.5. The number of methoxy groups -OCH3 is 1. The summed E-state index contributed by atoms with van der Waals surface area (Å²) in [7, 11) is 1.59. The Labute approximate surface area is 143 Å². The molecule has 0 unspecified atom stereocenters. The summed E-state index contributed by atoms with van der Waals surface area (Å²) in [5, 5.41) is 5.32. The van der Waals surface area contributed by atoms with Gasteiger partial charge in [0.1, 0.15) is 4.70 Å². The van der Waals surface area contributed by atoms with Gasteiger partial charge in [0.25, 0.3) is 5.56 Å². The maximum Gasteiger partial charge on any atom is 0.272 e. The lowest BCUT2D eigenvalue weighted by atomic mass is 10.3. The molecular weight excluding hydrogens is 334 g/mol. The van der Waals surface area contributed by atoms with E-state index in [0.717, 1.165) is 6.42 Å². The number of aromatic nitrogens is 2. The molecule has 0 fully saturated rings. The molecule has 2 heterocycles. The van der Waals surface area contributed by atoms with Crippen LogP contribution in [0.2, 0.25) is 0 Å². The van der Waals surface area contributed by atoms with E-state index in [-0.39, 0.29) is 23.3 Å². The largest absolute Gasteiger partial charge is 0.383 e. The van der Waals surface area contributed by atoms with Crippen LogP contribution < -0.4 is 10.9 Å². The van der Waals surface area contributed by atoms with Crippen molar-refractivity contribution >= 4 is 39.2 Å². The molecule has 0 spiro atoms. The smallest absolute Gasteiger partial charge is 0.272 e. The lowest BCUT2D eigenvalue weighted by Crippen LogP contribution is -2.33. The summed E-state index contributed by atoms with van der Waals surface area (Å²) in [6, 6.07) is 1.97. The monoisotopic (exact) mass is 355 g/mol. The number of ether oxygens (including phenoxy) is 1. The van der Waals surface area contributed by atoms with Gasteiger partial charge in [-0.25, -0.2) is 4.98 Å². The van der Waals surface area contributed by atoms with Crippen molar-refractivity contribution in [1.82, 2.24) is 14.9 Å². The Morgan fingerprint density at radius 1 is 1.57 bits per heavy atom. The highest BCUT2D eigenvalue weighted by Gasteiger charge is 2.14. The van der Waals surface area contributed by atoms with Gasteiger partial charge in [-0.2, -0.15) is 0 Å². The molecule has 1 amide bonds. The zero-order chi connectivity index (χ0) is 16.8. The van der Waals surface area contributed by atoms with E-state index in [2.05, 4.69) is 10.3 Å². The number of hydrogen-bond donors (Lipinski definition) is 1. The second-order valence-corrected chi connectivity index (χ2v) is 7.00. The molecule has 2 aromatic heterocycles. The van der Waals surface area contributed by atoms with Crippen molar-refractivity contribution in [3.63, 3.8) is 0 Å². The average molecular weight is 355 g/mol. The predicted molar refractivity (Wildman–Crippen MR) is 94.4 cm³/mol. The van der Waals surface area contributed by atoms with Crippen LogP contribution in [0, 0.1) is 0 Å². The second kappa shape index (κ2) is 8.47. The summed E-state index contributed by atoms with van der Waals surface area (Å²) in [4.78, 5) is 29.0. The topological polar surface area (TPSA) is 73.2 Å². The fraction of sp³-hybridized carbons (Fsp3) is 0.533. The third kappa shape index (κ3) is 4.55. The first kappa shape index (κ1) is 18.0. The minimum Gasteiger partial charge on any atom is -0.383 e.